The van der Waals surface area contributed by atoms with E-state index in [0.29, 0.717) is 13.1 Å². The molecule has 1 aromatic rings. The molecule has 22 heavy (non-hydrogen) atoms. The lowest BCUT2D eigenvalue weighted by atomic mass is 9.98. The van der Waals surface area contributed by atoms with Crippen LogP contribution in [0, 0.1) is 19.8 Å². The Morgan fingerprint density at radius 2 is 2.18 bits per heavy atom. The molecule has 0 bridgehead atoms. The number of nitrogens with one attached hydrogen (secondary N) is 2. The first-order valence-corrected chi connectivity index (χ1v) is 9.50. The highest BCUT2D eigenvalue weighted by Gasteiger charge is 2.23. The van der Waals surface area contributed by atoms with Gasteiger partial charge in [-0.3, -0.25) is 9.69 Å². The zero-order valence-corrected chi connectivity index (χ0v) is 14.3. The summed E-state index contributed by atoms with van der Waals surface area (Å²) in [5.41, 5.74) is 2.67. The van der Waals surface area contributed by atoms with Gasteiger partial charge >= 0.3 is 0 Å². The van der Waals surface area contributed by atoms with Crippen molar-refractivity contribution in [2.45, 2.75) is 26.7 Å². The molecule has 0 aliphatic carbocycles. The van der Waals surface area contributed by atoms with Crippen molar-refractivity contribution < 1.29 is 13.2 Å². The zero-order chi connectivity index (χ0) is 16.3. The van der Waals surface area contributed by atoms with Gasteiger partial charge in [-0.05, 0) is 45.2 Å². The first-order valence-electron chi connectivity index (χ1n) is 7.61. The van der Waals surface area contributed by atoms with Gasteiger partial charge in [-0.1, -0.05) is 0 Å². The molecule has 0 aromatic carbocycles. The summed E-state index contributed by atoms with van der Waals surface area (Å²) in [6.45, 7) is 6.35. The van der Waals surface area contributed by atoms with Crippen molar-refractivity contribution in [3.8, 4) is 0 Å². The van der Waals surface area contributed by atoms with Crippen LogP contribution in [0.15, 0.2) is 6.07 Å². The van der Waals surface area contributed by atoms with Gasteiger partial charge in [0.15, 0.2) is 5.78 Å². The Bertz CT molecular complexity index is 636. The topological polar surface area (TPSA) is 82.3 Å². The van der Waals surface area contributed by atoms with Crippen LogP contribution in [0.25, 0.3) is 0 Å². The predicted octanol–water partition coefficient (Wildman–Crippen LogP) is 1.08. The second-order valence-electron chi connectivity index (χ2n) is 6.28. The van der Waals surface area contributed by atoms with Gasteiger partial charge in [0.1, 0.15) is 0 Å². The van der Waals surface area contributed by atoms with Crippen molar-refractivity contribution in [2.24, 2.45) is 5.92 Å². The standard InChI is InChI=1S/C15H25N3O3S/c1-11-7-14(12(2)17-11)15(19)10-18-6-4-5-13(9-18)8-16-22(3,20)21/h7,13,16-17H,4-6,8-10H2,1-3H3. The van der Waals surface area contributed by atoms with Crippen LogP contribution in [-0.4, -0.2) is 56.5 Å². The molecule has 1 fully saturated rings. The number of Topliss-reactive ketones (excluding diaryl/α,β-unsaturated/α-hetero) is 1. The molecule has 0 amide bonds. The molecule has 2 rings (SSSR count). The molecule has 124 valence electrons. The summed E-state index contributed by atoms with van der Waals surface area (Å²) >= 11 is 0. The number of sulfonamides is 1. The van der Waals surface area contributed by atoms with Crippen LogP contribution in [-0.2, 0) is 10.0 Å². The van der Waals surface area contributed by atoms with Crippen molar-refractivity contribution in [1.29, 1.82) is 0 Å². The maximum Gasteiger partial charge on any atom is 0.208 e. The highest BCUT2D eigenvalue weighted by atomic mass is 32.2. The normalized spacial score (nSPS) is 20.2. The second kappa shape index (κ2) is 6.93. The maximum atomic E-state index is 12.4. The molecule has 0 spiro atoms. The Labute approximate surface area is 132 Å². The van der Waals surface area contributed by atoms with Gasteiger partial charge in [0.05, 0.1) is 12.8 Å². The van der Waals surface area contributed by atoms with Gasteiger partial charge in [0, 0.05) is 30.0 Å². The molecule has 1 aliphatic rings. The average molecular weight is 327 g/mol. The summed E-state index contributed by atoms with van der Waals surface area (Å²) in [7, 11) is -3.15. The molecular formula is C15H25N3O3S. The summed E-state index contributed by atoms with van der Waals surface area (Å²) in [5.74, 6) is 0.393. The Hall–Kier alpha value is -1.18. The first kappa shape index (κ1) is 17.2. The number of piperidine rings is 1. The van der Waals surface area contributed by atoms with Crippen molar-refractivity contribution in [1.82, 2.24) is 14.6 Å². The molecule has 2 N–H and O–H groups in total. The summed E-state index contributed by atoms with van der Waals surface area (Å²) in [4.78, 5) is 17.7. The van der Waals surface area contributed by atoms with E-state index in [0.717, 1.165) is 42.9 Å². The largest absolute Gasteiger partial charge is 0.362 e. The molecular weight excluding hydrogens is 302 g/mol. The minimum absolute atomic E-state index is 0.124. The van der Waals surface area contributed by atoms with Crippen LogP contribution in [0.4, 0.5) is 0 Å². The Morgan fingerprint density at radius 3 is 2.77 bits per heavy atom. The third-order valence-corrected chi connectivity index (χ3v) is 4.75. The van der Waals surface area contributed by atoms with E-state index >= 15 is 0 Å². The van der Waals surface area contributed by atoms with E-state index in [1.165, 1.54) is 6.26 Å². The zero-order valence-electron chi connectivity index (χ0n) is 13.5. The number of nitrogens with zero attached hydrogens (tertiary/aromatic N) is 1. The molecule has 1 unspecified atom stereocenters. The van der Waals surface area contributed by atoms with E-state index in [9.17, 15) is 13.2 Å². The van der Waals surface area contributed by atoms with Crippen LogP contribution in [0.1, 0.15) is 34.6 Å². The third kappa shape index (κ3) is 4.93. The van der Waals surface area contributed by atoms with Crippen LogP contribution >= 0.6 is 0 Å². The van der Waals surface area contributed by atoms with E-state index in [4.69, 9.17) is 0 Å². The smallest absolute Gasteiger partial charge is 0.208 e. The maximum absolute atomic E-state index is 12.4. The lowest BCUT2D eigenvalue weighted by Gasteiger charge is -2.32. The van der Waals surface area contributed by atoms with Crippen molar-refractivity contribution in [3.05, 3.63) is 23.0 Å². The molecule has 1 aliphatic heterocycles. The number of aromatic amines is 1. The Morgan fingerprint density at radius 1 is 1.45 bits per heavy atom. The lowest BCUT2D eigenvalue weighted by Crippen LogP contribution is -2.42. The lowest BCUT2D eigenvalue weighted by molar-refractivity contribution is 0.0887. The number of hydrogen-bond donors (Lipinski definition) is 2. The average Bonchev–Trinajstić information content (AvgIpc) is 2.75. The molecule has 1 atom stereocenters. The Kier molecular flexibility index (Phi) is 5.41. The fraction of sp³-hybridized carbons (Fsp3) is 0.667. The fourth-order valence-corrected chi connectivity index (χ4v) is 3.57. The molecule has 7 heteroatoms. The number of likely N-dealkylation sites (tertiary alicyclic amines) is 1. The number of rotatable bonds is 6. The van der Waals surface area contributed by atoms with Crippen LogP contribution in [0.5, 0.6) is 0 Å². The predicted molar refractivity (Wildman–Crippen MR) is 86.6 cm³/mol. The highest BCUT2D eigenvalue weighted by Crippen LogP contribution is 2.17. The second-order valence-corrected chi connectivity index (χ2v) is 8.11. The monoisotopic (exact) mass is 327 g/mol. The van der Waals surface area contributed by atoms with Crippen molar-refractivity contribution in [2.75, 3.05) is 32.4 Å². The van der Waals surface area contributed by atoms with Gasteiger partial charge in [-0.25, -0.2) is 13.1 Å². The van der Waals surface area contributed by atoms with Gasteiger partial charge in [-0.2, -0.15) is 0 Å². The minimum atomic E-state index is -3.15. The summed E-state index contributed by atoms with van der Waals surface area (Å²) in [6, 6.07) is 1.89. The quantitative estimate of drug-likeness (QED) is 0.766. The molecule has 1 saturated heterocycles. The number of aromatic nitrogens is 1. The number of ketones is 1. The van der Waals surface area contributed by atoms with Gasteiger partial charge < -0.3 is 4.98 Å². The molecule has 6 nitrogen and oxygen atoms in total. The molecule has 0 radical (unpaired) electrons. The Balaban J connectivity index is 1.90. The van der Waals surface area contributed by atoms with E-state index in [2.05, 4.69) is 14.6 Å². The van der Waals surface area contributed by atoms with Crippen molar-refractivity contribution in [3.63, 3.8) is 0 Å². The molecule has 1 aromatic heterocycles. The van der Waals surface area contributed by atoms with Crippen LogP contribution in [0.3, 0.4) is 0 Å². The number of carbonyl (C=O) groups excluding carboxylic acids is 1. The van der Waals surface area contributed by atoms with Crippen LogP contribution in [0.2, 0.25) is 0 Å². The number of H-pyrrole nitrogens is 1. The van der Waals surface area contributed by atoms with E-state index in [1.54, 1.807) is 0 Å². The summed E-state index contributed by atoms with van der Waals surface area (Å²) in [6.07, 6.45) is 3.16. The van der Waals surface area contributed by atoms with E-state index < -0.39 is 10.0 Å². The summed E-state index contributed by atoms with van der Waals surface area (Å²) in [5, 5.41) is 0. The summed E-state index contributed by atoms with van der Waals surface area (Å²) < 4.78 is 24.9. The number of aryl methyl sites for hydroxylation is 2. The number of carbonyl (C=O) groups is 1. The minimum Gasteiger partial charge on any atom is -0.362 e. The van der Waals surface area contributed by atoms with E-state index in [-0.39, 0.29) is 11.7 Å². The third-order valence-electron chi connectivity index (χ3n) is 4.05. The van der Waals surface area contributed by atoms with Crippen LogP contribution < -0.4 is 4.72 Å². The van der Waals surface area contributed by atoms with Gasteiger partial charge in [0.25, 0.3) is 0 Å². The number of hydrogen-bond acceptors (Lipinski definition) is 4. The fourth-order valence-electron chi connectivity index (χ4n) is 3.03. The molecule has 2 heterocycles. The highest BCUT2D eigenvalue weighted by molar-refractivity contribution is 7.88. The first-order chi connectivity index (χ1) is 10.2. The molecule has 0 saturated carbocycles. The van der Waals surface area contributed by atoms with E-state index in [1.807, 2.05) is 19.9 Å². The van der Waals surface area contributed by atoms with Gasteiger partial charge in [0.2, 0.25) is 10.0 Å². The van der Waals surface area contributed by atoms with Gasteiger partial charge in [-0.15, -0.1) is 0 Å². The van der Waals surface area contributed by atoms with Crippen molar-refractivity contribution >= 4 is 15.8 Å². The SMILES string of the molecule is Cc1cc(C(=O)CN2CCCC(CNS(C)(=O)=O)C2)c(C)[nH]1.